The molecule has 0 saturated carbocycles. The van der Waals surface area contributed by atoms with Crippen molar-refractivity contribution in [3.63, 3.8) is 0 Å². The molecule has 5 nitrogen and oxygen atoms in total. The topological polar surface area (TPSA) is 74.5 Å². The lowest BCUT2D eigenvalue weighted by Gasteiger charge is -2.11. The van der Waals surface area contributed by atoms with E-state index in [9.17, 15) is 15.0 Å². The number of carbonyl (C=O) groups excluding carboxylic acids is 1. The molecule has 0 spiro atoms. The number of aromatic nitrogens is 1. The normalized spacial score (nSPS) is 18.8. The second kappa shape index (κ2) is 6.78. The molecule has 1 heterocycles. The first-order chi connectivity index (χ1) is 13.9. The minimum atomic E-state index is -0.239. The Kier molecular flexibility index (Phi) is 4.33. The lowest BCUT2D eigenvalue weighted by Crippen LogP contribution is -2.12. The standard InChI is InChI=1S/C22H16Br2N2O3/c23-16-8-5-14(10-17(16)24)25-20(27)11-3-6-15(7-4-11)26-21(28)18-12-1-2-13(9-12)19(18)22(26)29/h1-8,10,12-13,28-29H,9H2,(H,25,27)/t12-,13+. The van der Waals surface area contributed by atoms with Crippen LogP contribution in [0.1, 0.15) is 39.7 Å². The van der Waals surface area contributed by atoms with E-state index >= 15 is 0 Å². The van der Waals surface area contributed by atoms with Gasteiger partial charge < -0.3 is 15.5 Å². The van der Waals surface area contributed by atoms with Crippen molar-refractivity contribution in [1.29, 1.82) is 0 Å². The van der Waals surface area contributed by atoms with Crippen molar-refractivity contribution in [1.82, 2.24) is 4.57 Å². The Balaban J connectivity index is 1.41. The molecule has 146 valence electrons. The summed E-state index contributed by atoms with van der Waals surface area (Å²) in [5.74, 6) is 0.240. The third-order valence-corrected chi connectivity index (χ3v) is 7.47. The molecule has 5 rings (SSSR count). The summed E-state index contributed by atoms with van der Waals surface area (Å²) in [6.07, 6.45) is 5.09. The third kappa shape index (κ3) is 2.91. The van der Waals surface area contributed by atoms with Crippen molar-refractivity contribution < 1.29 is 15.0 Å². The minimum absolute atomic E-state index is 0.0752. The average Bonchev–Trinajstić information content (AvgIpc) is 3.39. The number of carbonyl (C=O) groups is 1. The van der Waals surface area contributed by atoms with Gasteiger partial charge >= 0.3 is 0 Å². The molecular formula is C22H16Br2N2O3. The number of nitrogens with one attached hydrogen (secondary N) is 1. The van der Waals surface area contributed by atoms with E-state index in [2.05, 4.69) is 49.3 Å². The molecule has 0 radical (unpaired) electrons. The summed E-state index contributed by atoms with van der Waals surface area (Å²) in [6.45, 7) is 0. The summed E-state index contributed by atoms with van der Waals surface area (Å²) in [7, 11) is 0. The fourth-order valence-corrected chi connectivity index (χ4v) is 4.85. The molecule has 0 unspecified atom stereocenters. The molecular weight excluding hydrogens is 500 g/mol. The SMILES string of the molecule is O=C(Nc1ccc(Br)c(Br)c1)c1ccc(-n2c(O)c3c(c2O)[C@H]2C=C[C@@H]3C2)cc1. The van der Waals surface area contributed by atoms with Gasteiger partial charge in [0.25, 0.3) is 5.91 Å². The molecule has 0 fully saturated rings. The van der Waals surface area contributed by atoms with Crippen LogP contribution in [0.25, 0.3) is 5.69 Å². The molecule has 3 N–H and O–H groups in total. The van der Waals surface area contributed by atoms with Crippen LogP contribution in [0.2, 0.25) is 0 Å². The molecule has 2 aromatic carbocycles. The number of hydrogen-bond donors (Lipinski definition) is 3. The Morgan fingerprint density at radius 3 is 2.14 bits per heavy atom. The molecule has 0 saturated heterocycles. The number of amides is 1. The number of allylic oxidation sites excluding steroid dienone is 2. The van der Waals surface area contributed by atoms with Gasteiger partial charge in [0.05, 0.1) is 5.69 Å². The largest absolute Gasteiger partial charge is 0.494 e. The van der Waals surface area contributed by atoms with Gasteiger partial charge in [-0.15, -0.1) is 0 Å². The van der Waals surface area contributed by atoms with Crippen LogP contribution < -0.4 is 5.32 Å². The first kappa shape index (κ1) is 18.5. The number of rotatable bonds is 3. The first-order valence-electron chi connectivity index (χ1n) is 9.15. The predicted octanol–water partition coefficient (Wildman–Crippen LogP) is 5.81. The molecule has 2 aliphatic carbocycles. The summed E-state index contributed by atoms with van der Waals surface area (Å²) >= 11 is 6.82. The molecule has 1 aromatic heterocycles. The van der Waals surface area contributed by atoms with Crippen LogP contribution in [-0.2, 0) is 0 Å². The van der Waals surface area contributed by atoms with Gasteiger partial charge in [0.15, 0.2) is 0 Å². The Bertz CT molecular complexity index is 1150. The minimum Gasteiger partial charge on any atom is -0.494 e. The van der Waals surface area contributed by atoms with E-state index in [4.69, 9.17) is 0 Å². The smallest absolute Gasteiger partial charge is 0.255 e. The maximum Gasteiger partial charge on any atom is 0.255 e. The Morgan fingerprint density at radius 1 is 0.931 bits per heavy atom. The zero-order valence-electron chi connectivity index (χ0n) is 15.1. The fourth-order valence-electron chi connectivity index (χ4n) is 4.22. The third-order valence-electron chi connectivity index (χ3n) is 5.59. The van der Waals surface area contributed by atoms with Crippen molar-refractivity contribution in [2.75, 3.05) is 5.32 Å². The number of benzene rings is 2. The fraction of sp³-hybridized carbons (Fsp3) is 0.136. The van der Waals surface area contributed by atoms with Gasteiger partial charge in [-0.1, -0.05) is 12.2 Å². The van der Waals surface area contributed by atoms with Crippen LogP contribution in [0, 0.1) is 0 Å². The quantitative estimate of drug-likeness (QED) is 0.385. The number of halogens is 2. The Morgan fingerprint density at radius 2 is 1.55 bits per heavy atom. The second-order valence-electron chi connectivity index (χ2n) is 7.27. The van der Waals surface area contributed by atoms with Crippen LogP contribution in [-0.4, -0.2) is 20.7 Å². The number of fused-ring (bicyclic) bond motifs is 5. The maximum atomic E-state index is 12.5. The van der Waals surface area contributed by atoms with Gasteiger partial charge in [-0.2, -0.15) is 0 Å². The van der Waals surface area contributed by atoms with Gasteiger partial charge in [-0.25, -0.2) is 0 Å². The van der Waals surface area contributed by atoms with Crippen molar-refractivity contribution >= 4 is 43.5 Å². The van der Waals surface area contributed by atoms with Crippen molar-refractivity contribution in [3.05, 3.63) is 80.3 Å². The van der Waals surface area contributed by atoms with Crippen molar-refractivity contribution in [2.45, 2.75) is 18.3 Å². The Hall–Kier alpha value is -2.51. The summed E-state index contributed by atoms with van der Waals surface area (Å²) in [5.41, 5.74) is 3.40. The van der Waals surface area contributed by atoms with E-state index in [0.717, 1.165) is 26.5 Å². The summed E-state index contributed by atoms with van der Waals surface area (Å²) in [6, 6.07) is 12.3. The predicted molar refractivity (Wildman–Crippen MR) is 118 cm³/mol. The molecule has 3 aromatic rings. The van der Waals surface area contributed by atoms with Gasteiger partial charge in [0.2, 0.25) is 11.8 Å². The number of hydrogen-bond acceptors (Lipinski definition) is 3. The van der Waals surface area contributed by atoms with Crippen molar-refractivity contribution in [3.8, 4) is 17.4 Å². The maximum absolute atomic E-state index is 12.5. The van der Waals surface area contributed by atoms with E-state index in [0.29, 0.717) is 16.9 Å². The van der Waals surface area contributed by atoms with Gasteiger partial charge in [0, 0.05) is 43.2 Å². The molecule has 7 heteroatoms. The molecule has 2 aliphatic rings. The lowest BCUT2D eigenvalue weighted by molar-refractivity contribution is 0.102. The monoisotopic (exact) mass is 514 g/mol. The van der Waals surface area contributed by atoms with Crippen LogP contribution >= 0.6 is 31.9 Å². The second-order valence-corrected chi connectivity index (χ2v) is 8.98. The number of anilines is 1. The van der Waals surface area contributed by atoms with Gasteiger partial charge in [0.1, 0.15) is 0 Å². The van der Waals surface area contributed by atoms with Gasteiger partial charge in [-0.3, -0.25) is 9.36 Å². The van der Waals surface area contributed by atoms with E-state index in [1.165, 1.54) is 4.57 Å². The molecule has 2 bridgehead atoms. The average molecular weight is 516 g/mol. The van der Waals surface area contributed by atoms with E-state index in [1.54, 1.807) is 30.3 Å². The molecule has 2 atom stereocenters. The van der Waals surface area contributed by atoms with E-state index < -0.39 is 0 Å². The molecule has 29 heavy (non-hydrogen) atoms. The Labute approximate surface area is 183 Å². The highest BCUT2D eigenvalue weighted by Gasteiger charge is 2.41. The zero-order chi connectivity index (χ0) is 20.3. The number of nitrogens with zero attached hydrogens (tertiary/aromatic N) is 1. The molecule has 0 aliphatic heterocycles. The first-order valence-corrected chi connectivity index (χ1v) is 10.7. The highest BCUT2D eigenvalue weighted by atomic mass is 79.9. The lowest BCUT2D eigenvalue weighted by atomic mass is 10.0. The van der Waals surface area contributed by atoms with E-state index in [1.807, 2.05) is 12.1 Å². The van der Waals surface area contributed by atoms with Crippen LogP contribution in [0.4, 0.5) is 5.69 Å². The van der Waals surface area contributed by atoms with Gasteiger partial charge in [-0.05, 0) is 80.7 Å². The van der Waals surface area contributed by atoms with E-state index in [-0.39, 0.29) is 29.5 Å². The molecule has 1 amide bonds. The van der Waals surface area contributed by atoms with Crippen LogP contribution in [0.3, 0.4) is 0 Å². The highest BCUT2D eigenvalue weighted by Crippen LogP contribution is 2.57. The summed E-state index contributed by atoms with van der Waals surface area (Å²) < 4.78 is 3.20. The van der Waals surface area contributed by atoms with Crippen molar-refractivity contribution in [2.24, 2.45) is 0 Å². The summed E-state index contributed by atoms with van der Waals surface area (Å²) in [4.78, 5) is 12.5. The highest BCUT2D eigenvalue weighted by molar-refractivity contribution is 9.13. The van der Waals surface area contributed by atoms with Crippen LogP contribution in [0.5, 0.6) is 11.8 Å². The number of aromatic hydroxyl groups is 2. The summed E-state index contributed by atoms with van der Waals surface area (Å²) in [5, 5.41) is 24.3. The van der Waals surface area contributed by atoms with Crippen LogP contribution in [0.15, 0.2) is 63.6 Å². The zero-order valence-corrected chi connectivity index (χ0v) is 18.2.